The molecule has 0 radical (unpaired) electrons. The van der Waals surface area contributed by atoms with Gasteiger partial charge in [-0.3, -0.25) is 9.48 Å². The van der Waals surface area contributed by atoms with Crippen molar-refractivity contribution < 1.29 is 19.1 Å². The summed E-state index contributed by atoms with van der Waals surface area (Å²) in [5.41, 5.74) is 1.09. The highest BCUT2D eigenvalue weighted by atomic mass is 32.2. The Hall–Kier alpha value is -3.26. The van der Waals surface area contributed by atoms with Gasteiger partial charge in [-0.1, -0.05) is 18.2 Å². The van der Waals surface area contributed by atoms with Crippen LogP contribution in [0.15, 0.2) is 71.9 Å². The van der Waals surface area contributed by atoms with Crippen molar-refractivity contribution in [2.45, 2.75) is 11.4 Å². The molecule has 8 heteroatoms. The maximum absolute atomic E-state index is 12.4. The Labute approximate surface area is 173 Å². The molecule has 3 aromatic rings. The van der Waals surface area contributed by atoms with Crippen LogP contribution in [0.3, 0.4) is 0 Å². The quantitative estimate of drug-likeness (QED) is 0.429. The van der Waals surface area contributed by atoms with Gasteiger partial charge in [-0.25, -0.2) is 4.79 Å². The maximum Gasteiger partial charge on any atom is 0.339 e. The molecule has 0 unspecified atom stereocenters. The van der Waals surface area contributed by atoms with E-state index in [-0.39, 0.29) is 18.3 Å². The van der Waals surface area contributed by atoms with Crippen LogP contribution < -0.4 is 10.1 Å². The average Bonchev–Trinajstić information content (AvgIpc) is 3.26. The Morgan fingerprint density at radius 3 is 2.79 bits per heavy atom. The fourth-order valence-corrected chi connectivity index (χ4v) is 3.39. The summed E-state index contributed by atoms with van der Waals surface area (Å²) < 4.78 is 12.2. The monoisotopic (exact) mass is 411 g/mol. The van der Waals surface area contributed by atoms with E-state index in [4.69, 9.17) is 9.47 Å². The van der Waals surface area contributed by atoms with Crippen LogP contribution in [0.2, 0.25) is 0 Å². The predicted molar refractivity (Wildman–Crippen MR) is 111 cm³/mol. The summed E-state index contributed by atoms with van der Waals surface area (Å²) >= 11 is 1.28. The number of amides is 1. The Morgan fingerprint density at radius 1 is 1.14 bits per heavy atom. The van der Waals surface area contributed by atoms with Gasteiger partial charge in [0, 0.05) is 29.0 Å². The molecular formula is C21H21N3O4S. The van der Waals surface area contributed by atoms with Crippen molar-refractivity contribution in [3.05, 3.63) is 72.6 Å². The number of anilines is 1. The number of thioether (sulfide) groups is 1. The Bertz CT molecular complexity index is 960. The van der Waals surface area contributed by atoms with Gasteiger partial charge in [0.2, 0.25) is 5.91 Å². The molecule has 0 atom stereocenters. The van der Waals surface area contributed by atoms with E-state index >= 15 is 0 Å². The first-order valence-electron chi connectivity index (χ1n) is 8.96. The van der Waals surface area contributed by atoms with Crippen LogP contribution in [0, 0.1) is 0 Å². The highest BCUT2D eigenvalue weighted by Crippen LogP contribution is 2.24. The number of nitrogens with one attached hydrogen (secondary N) is 1. The Kier molecular flexibility index (Phi) is 7.29. The second kappa shape index (κ2) is 10.3. The number of rotatable bonds is 9. The normalized spacial score (nSPS) is 10.4. The van der Waals surface area contributed by atoms with Gasteiger partial charge < -0.3 is 14.8 Å². The molecule has 1 aromatic heterocycles. The second-order valence-corrected chi connectivity index (χ2v) is 6.99. The molecule has 1 heterocycles. The van der Waals surface area contributed by atoms with Gasteiger partial charge in [-0.15, -0.1) is 11.8 Å². The highest BCUT2D eigenvalue weighted by Gasteiger charge is 2.14. The maximum atomic E-state index is 12.4. The number of esters is 1. The molecule has 1 N–H and O–H groups in total. The van der Waals surface area contributed by atoms with Gasteiger partial charge in [0.05, 0.1) is 25.0 Å². The van der Waals surface area contributed by atoms with Gasteiger partial charge in [0.1, 0.15) is 12.4 Å². The van der Waals surface area contributed by atoms with Crippen LogP contribution in [0.25, 0.3) is 0 Å². The largest absolute Gasteiger partial charge is 0.497 e. The number of carbonyl (C=O) groups is 2. The van der Waals surface area contributed by atoms with Crippen molar-refractivity contribution in [2.24, 2.45) is 0 Å². The van der Waals surface area contributed by atoms with E-state index in [1.165, 1.54) is 11.8 Å². The molecule has 150 valence electrons. The first kappa shape index (κ1) is 20.5. The molecule has 0 saturated carbocycles. The number of benzene rings is 2. The number of nitrogens with zero attached hydrogens (tertiary/aromatic N) is 2. The molecule has 0 aliphatic carbocycles. The lowest BCUT2D eigenvalue weighted by atomic mass is 10.2. The summed E-state index contributed by atoms with van der Waals surface area (Å²) in [4.78, 5) is 25.4. The van der Waals surface area contributed by atoms with Crippen molar-refractivity contribution in [1.29, 1.82) is 0 Å². The third-order valence-corrected chi connectivity index (χ3v) is 5.01. The van der Waals surface area contributed by atoms with E-state index in [0.29, 0.717) is 28.4 Å². The Morgan fingerprint density at radius 2 is 2.00 bits per heavy atom. The van der Waals surface area contributed by atoms with Gasteiger partial charge in [0.15, 0.2) is 0 Å². The van der Waals surface area contributed by atoms with E-state index in [0.717, 1.165) is 0 Å². The minimum absolute atomic E-state index is 0.161. The van der Waals surface area contributed by atoms with E-state index in [2.05, 4.69) is 10.4 Å². The second-order valence-electron chi connectivity index (χ2n) is 5.97. The number of aromatic nitrogens is 2. The van der Waals surface area contributed by atoms with Crippen LogP contribution in [-0.2, 0) is 16.1 Å². The summed E-state index contributed by atoms with van der Waals surface area (Å²) in [7, 11) is 1.57. The third-order valence-electron chi connectivity index (χ3n) is 3.93. The molecule has 2 aromatic carbocycles. The summed E-state index contributed by atoms with van der Waals surface area (Å²) in [5, 5.41) is 6.89. The zero-order valence-corrected chi connectivity index (χ0v) is 16.7. The van der Waals surface area contributed by atoms with Crippen LogP contribution in [0.1, 0.15) is 10.4 Å². The summed E-state index contributed by atoms with van der Waals surface area (Å²) in [5.74, 6) is 0.228. The van der Waals surface area contributed by atoms with Gasteiger partial charge >= 0.3 is 5.97 Å². The molecule has 0 saturated heterocycles. The first-order chi connectivity index (χ1) is 14.2. The van der Waals surface area contributed by atoms with Gasteiger partial charge in [-0.05, 0) is 30.3 Å². The van der Waals surface area contributed by atoms with Crippen LogP contribution >= 0.6 is 11.8 Å². The fraction of sp³-hybridized carbons (Fsp3) is 0.190. The zero-order valence-electron chi connectivity index (χ0n) is 15.9. The van der Waals surface area contributed by atoms with Crippen LogP contribution in [-0.4, -0.2) is 41.1 Å². The summed E-state index contributed by atoms with van der Waals surface area (Å²) in [6.45, 7) is 0.701. The molecule has 0 aliphatic rings. The van der Waals surface area contributed by atoms with E-state index in [1.807, 2.05) is 12.1 Å². The van der Waals surface area contributed by atoms with Crippen molar-refractivity contribution in [3.8, 4) is 5.75 Å². The van der Waals surface area contributed by atoms with E-state index in [9.17, 15) is 9.59 Å². The number of methoxy groups -OCH3 is 1. The lowest BCUT2D eigenvalue weighted by molar-refractivity contribution is -0.113. The van der Waals surface area contributed by atoms with Gasteiger partial charge in [-0.2, -0.15) is 5.10 Å². The lowest BCUT2D eigenvalue weighted by Gasteiger charge is -2.10. The molecule has 0 bridgehead atoms. The number of hydrogen-bond acceptors (Lipinski definition) is 6. The average molecular weight is 411 g/mol. The number of hydrogen-bond donors (Lipinski definition) is 1. The minimum atomic E-state index is -0.423. The number of carbonyl (C=O) groups excluding carboxylic acids is 2. The predicted octanol–water partition coefficient (Wildman–Crippen LogP) is 3.48. The molecule has 29 heavy (non-hydrogen) atoms. The van der Waals surface area contributed by atoms with Crippen molar-refractivity contribution >= 4 is 29.3 Å². The van der Waals surface area contributed by atoms with E-state index < -0.39 is 5.97 Å². The van der Waals surface area contributed by atoms with Gasteiger partial charge in [0.25, 0.3) is 0 Å². The SMILES string of the molecule is COc1cccc(NC(=O)CSc2ccccc2C(=O)OCCn2cccn2)c1. The third kappa shape index (κ3) is 6.11. The highest BCUT2D eigenvalue weighted by molar-refractivity contribution is 8.00. The zero-order chi connectivity index (χ0) is 20.5. The van der Waals surface area contributed by atoms with Crippen LogP contribution in [0.5, 0.6) is 5.75 Å². The standard InChI is InChI=1S/C21H21N3O4S/c1-27-17-7-4-6-16(14-17)23-20(25)15-29-19-9-3-2-8-18(19)21(26)28-13-12-24-11-5-10-22-24/h2-11,14H,12-13,15H2,1H3,(H,23,25). The van der Waals surface area contributed by atoms with Crippen LogP contribution in [0.4, 0.5) is 5.69 Å². The fourth-order valence-electron chi connectivity index (χ4n) is 2.54. The Balaban J connectivity index is 1.54. The number of ether oxygens (including phenoxy) is 2. The smallest absolute Gasteiger partial charge is 0.339 e. The summed E-state index contributed by atoms with van der Waals surface area (Å²) in [6.07, 6.45) is 3.48. The lowest BCUT2D eigenvalue weighted by Crippen LogP contribution is -2.15. The van der Waals surface area contributed by atoms with Crippen molar-refractivity contribution in [1.82, 2.24) is 9.78 Å². The van der Waals surface area contributed by atoms with Crippen molar-refractivity contribution in [2.75, 3.05) is 24.8 Å². The molecule has 3 rings (SSSR count). The molecule has 7 nitrogen and oxygen atoms in total. The molecule has 0 fully saturated rings. The minimum Gasteiger partial charge on any atom is -0.497 e. The molecule has 0 aliphatic heterocycles. The molecule has 0 spiro atoms. The molecular weight excluding hydrogens is 390 g/mol. The molecule has 1 amide bonds. The van der Waals surface area contributed by atoms with E-state index in [1.54, 1.807) is 66.6 Å². The summed E-state index contributed by atoms with van der Waals surface area (Å²) in [6, 6.07) is 16.0. The first-order valence-corrected chi connectivity index (χ1v) is 9.94. The topological polar surface area (TPSA) is 82.5 Å². The van der Waals surface area contributed by atoms with Crippen molar-refractivity contribution in [3.63, 3.8) is 0 Å².